The van der Waals surface area contributed by atoms with Crippen LogP contribution in [-0.2, 0) is 23.8 Å². The lowest BCUT2D eigenvalue weighted by Gasteiger charge is -2.05. The molecule has 0 aliphatic carbocycles. The number of carbonyl (C=O) groups is 2. The van der Waals surface area contributed by atoms with Crippen LogP contribution in [0.4, 0.5) is 0 Å². The maximum Gasteiger partial charge on any atom is 0.305 e. The van der Waals surface area contributed by atoms with E-state index in [1.165, 1.54) is 32.8 Å². The fraction of sp³-hybridized carbons (Fsp3) is 0.900. The standard InChI is InChI=1S/C20H38O5/c1-23-17-13-9-10-14-18-25-20(22)16-12-8-6-4-3-5-7-11-15-19(21)24-2/h3-18H2,1-2H3. The summed E-state index contributed by atoms with van der Waals surface area (Å²) >= 11 is 0. The SMILES string of the molecule is COCCCCCCOC(=O)CCCCCCCCCCC(=O)OC. The van der Waals surface area contributed by atoms with Crippen LogP contribution in [0.1, 0.15) is 89.9 Å². The normalized spacial score (nSPS) is 10.6. The summed E-state index contributed by atoms with van der Waals surface area (Å²) in [6.07, 6.45) is 14.1. The Bertz CT molecular complexity index is 317. The molecule has 0 unspecified atom stereocenters. The molecule has 5 nitrogen and oxygen atoms in total. The lowest BCUT2D eigenvalue weighted by molar-refractivity contribution is -0.144. The summed E-state index contributed by atoms with van der Waals surface area (Å²) in [5, 5.41) is 0. The van der Waals surface area contributed by atoms with Gasteiger partial charge in [-0.05, 0) is 32.1 Å². The molecule has 0 aromatic rings. The van der Waals surface area contributed by atoms with Crippen LogP contribution < -0.4 is 0 Å². The Hall–Kier alpha value is -1.10. The van der Waals surface area contributed by atoms with Crippen molar-refractivity contribution in [3.05, 3.63) is 0 Å². The summed E-state index contributed by atoms with van der Waals surface area (Å²) in [6.45, 7) is 1.37. The number of methoxy groups -OCH3 is 2. The van der Waals surface area contributed by atoms with Crippen LogP contribution in [0, 0.1) is 0 Å². The first-order valence-electron chi connectivity index (χ1n) is 9.92. The average molecular weight is 359 g/mol. The highest BCUT2D eigenvalue weighted by Gasteiger charge is 2.03. The molecule has 0 fully saturated rings. The molecule has 0 saturated carbocycles. The zero-order valence-electron chi connectivity index (χ0n) is 16.4. The van der Waals surface area contributed by atoms with Gasteiger partial charge in [0.05, 0.1) is 13.7 Å². The second kappa shape index (κ2) is 19.2. The van der Waals surface area contributed by atoms with Crippen LogP contribution in [0.15, 0.2) is 0 Å². The highest BCUT2D eigenvalue weighted by Crippen LogP contribution is 2.11. The number of hydrogen-bond donors (Lipinski definition) is 0. The van der Waals surface area contributed by atoms with E-state index in [-0.39, 0.29) is 11.9 Å². The van der Waals surface area contributed by atoms with E-state index in [2.05, 4.69) is 4.74 Å². The minimum atomic E-state index is -0.113. The predicted molar refractivity (Wildman–Crippen MR) is 99.5 cm³/mol. The molecule has 0 aliphatic rings. The van der Waals surface area contributed by atoms with E-state index in [0.29, 0.717) is 19.4 Å². The second-order valence-corrected chi connectivity index (χ2v) is 6.53. The van der Waals surface area contributed by atoms with E-state index in [0.717, 1.165) is 58.0 Å². The number of unbranched alkanes of at least 4 members (excludes halogenated alkanes) is 10. The van der Waals surface area contributed by atoms with Crippen molar-refractivity contribution >= 4 is 11.9 Å². The minimum absolute atomic E-state index is 0.0558. The molecule has 0 aliphatic heterocycles. The maximum atomic E-state index is 11.6. The zero-order valence-corrected chi connectivity index (χ0v) is 16.4. The van der Waals surface area contributed by atoms with Gasteiger partial charge in [0.25, 0.3) is 0 Å². The van der Waals surface area contributed by atoms with E-state index in [1.54, 1.807) is 7.11 Å². The summed E-state index contributed by atoms with van der Waals surface area (Å²) in [7, 11) is 3.15. The fourth-order valence-electron chi connectivity index (χ4n) is 2.66. The Morgan fingerprint density at radius 3 is 1.52 bits per heavy atom. The Balaban J connectivity index is 3.18. The third kappa shape index (κ3) is 19.1. The van der Waals surface area contributed by atoms with Crippen molar-refractivity contribution in [2.45, 2.75) is 89.9 Å². The molecule has 0 bridgehead atoms. The lowest BCUT2D eigenvalue weighted by atomic mass is 10.1. The molecule has 0 saturated heterocycles. The molecular weight excluding hydrogens is 320 g/mol. The first kappa shape index (κ1) is 23.9. The van der Waals surface area contributed by atoms with E-state index in [9.17, 15) is 9.59 Å². The summed E-state index contributed by atoms with van der Waals surface area (Å²) in [5.41, 5.74) is 0. The van der Waals surface area contributed by atoms with Gasteiger partial charge < -0.3 is 14.2 Å². The van der Waals surface area contributed by atoms with Gasteiger partial charge in [0.1, 0.15) is 0 Å². The zero-order chi connectivity index (χ0) is 18.6. The largest absolute Gasteiger partial charge is 0.469 e. The highest BCUT2D eigenvalue weighted by atomic mass is 16.5. The van der Waals surface area contributed by atoms with Crippen LogP contribution in [0.25, 0.3) is 0 Å². The maximum absolute atomic E-state index is 11.6. The molecule has 0 amide bonds. The Morgan fingerprint density at radius 2 is 1.00 bits per heavy atom. The quantitative estimate of drug-likeness (QED) is 0.260. The topological polar surface area (TPSA) is 61.8 Å². The summed E-state index contributed by atoms with van der Waals surface area (Å²) in [5.74, 6) is -0.169. The second-order valence-electron chi connectivity index (χ2n) is 6.53. The van der Waals surface area contributed by atoms with Gasteiger partial charge >= 0.3 is 11.9 Å². The molecule has 0 aromatic heterocycles. The number of esters is 2. The molecule has 0 heterocycles. The monoisotopic (exact) mass is 358 g/mol. The van der Waals surface area contributed by atoms with Crippen molar-refractivity contribution in [1.82, 2.24) is 0 Å². The summed E-state index contributed by atoms with van der Waals surface area (Å²) in [6, 6.07) is 0. The molecule has 0 atom stereocenters. The van der Waals surface area contributed by atoms with Crippen molar-refractivity contribution in [3.63, 3.8) is 0 Å². The van der Waals surface area contributed by atoms with Gasteiger partial charge in [0.2, 0.25) is 0 Å². The van der Waals surface area contributed by atoms with E-state index < -0.39 is 0 Å². The van der Waals surface area contributed by atoms with E-state index >= 15 is 0 Å². The molecule has 0 N–H and O–H groups in total. The molecule has 0 aromatic carbocycles. The van der Waals surface area contributed by atoms with E-state index in [1.807, 2.05) is 0 Å². The van der Waals surface area contributed by atoms with Crippen molar-refractivity contribution in [2.24, 2.45) is 0 Å². The van der Waals surface area contributed by atoms with Crippen molar-refractivity contribution in [2.75, 3.05) is 27.4 Å². The number of rotatable bonds is 18. The molecule has 148 valence electrons. The lowest BCUT2D eigenvalue weighted by Crippen LogP contribution is -2.05. The van der Waals surface area contributed by atoms with Crippen LogP contribution in [-0.4, -0.2) is 39.4 Å². The molecule has 5 heteroatoms. The van der Waals surface area contributed by atoms with E-state index in [4.69, 9.17) is 9.47 Å². The molecule has 0 rings (SSSR count). The number of hydrogen-bond acceptors (Lipinski definition) is 5. The van der Waals surface area contributed by atoms with Crippen molar-refractivity contribution in [1.29, 1.82) is 0 Å². The highest BCUT2D eigenvalue weighted by molar-refractivity contribution is 5.69. The van der Waals surface area contributed by atoms with Gasteiger partial charge in [-0.15, -0.1) is 0 Å². The third-order valence-corrected chi connectivity index (χ3v) is 4.25. The van der Waals surface area contributed by atoms with Crippen molar-refractivity contribution in [3.8, 4) is 0 Å². The summed E-state index contributed by atoms with van der Waals surface area (Å²) < 4.78 is 14.8. The first-order chi connectivity index (χ1) is 12.2. The van der Waals surface area contributed by atoms with Crippen LogP contribution in [0.2, 0.25) is 0 Å². The van der Waals surface area contributed by atoms with Gasteiger partial charge in [0.15, 0.2) is 0 Å². The summed E-state index contributed by atoms with van der Waals surface area (Å²) in [4.78, 5) is 22.5. The van der Waals surface area contributed by atoms with Gasteiger partial charge in [-0.2, -0.15) is 0 Å². The molecule has 25 heavy (non-hydrogen) atoms. The van der Waals surface area contributed by atoms with Gasteiger partial charge in [-0.25, -0.2) is 0 Å². The average Bonchev–Trinajstić information content (AvgIpc) is 2.62. The molecular formula is C20H38O5. The van der Waals surface area contributed by atoms with Crippen LogP contribution in [0.3, 0.4) is 0 Å². The predicted octanol–water partition coefficient (Wildman–Crippen LogP) is 4.81. The molecule has 0 spiro atoms. The fourth-order valence-corrected chi connectivity index (χ4v) is 2.66. The Kier molecular flexibility index (Phi) is 18.4. The van der Waals surface area contributed by atoms with Gasteiger partial charge in [-0.1, -0.05) is 44.9 Å². The van der Waals surface area contributed by atoms with Crippen LogP contribution in [0.5, 0.6) is 0 Å². The third-order valence-electron chi connectivity index (χ3n) is 4.25. The Morgan fingerprint density at radius 1 is 0.560 bits per heavy atom. The van der Waals surface area contributed by atoms with Gasteiger partial charge in [0, 0.05) is 26.6 Å². The Labute approximate surface area is 153 Å². The van der Waals surface area contributed by atoms with Gasteiger partial charge in [-0.3, -0.25) is 9.59 Å². The number of carbonyl (C=O) groups excluding carboxylic acids is 2. The van der Waals surface area contributed by atoms with Crippen LogP contribution >= 0.6 is 0 Å². The molecule has 0 radical (unpaired) electrons. The number of ether oxygens (including phenoxy) is 3. The first-order valence-corrected chi connectivity index (χ1v) is 9.92. The smallest absolute Gasteiger partial charge is 0.305 e. The minimum Gasteiger partial charge on any atom is -0.469 e. The van der Waals surface area contributed by atoms with Crippen molar-refractivity contribution < 1.29 is 23.8 Å².